The fourth-order valence-corrected chi connectivity index (χ4v) is 2.71. The first-order chi connectivity index (χ1) is 12.4. The van der Waals surface area contributed by atoms with E-state index in [1.807, 2.05) is 85.1 Å². The lowest BCUT2D eigenvalue weighted by Crippen LogP contribution is -1.81. The molecule has 4 aromatic rings. The molecule has 0 aliphatic heterocycles. The molecular formula is C22H17N3. The maximum atomic E-state index is 4.67. The molecule has 0 saturated heterocycles. The maximum absolute atomic E-state index is 4.67. The van der Waals surface area contributed by atoms with Gasteiger partial charge in [-0.2, -0.15) is 0 Å². The first kappa shape index (κ1) is 15.1. The van der Waals surface area contributed by atoms with Gasteiger partial charge in [0.15, 0.2) is 0 Å². The molecule has 0 aliphatic carbocycles. The van der Waals surface area contributed by atoms with Crippen LogP contribution < -0.4 is 0 Å². The van der Waals surface area contributed by atoms with E-state index in [2.05, 4.69) is 27.1 Å². The number of aliphatic imine (C=N–C) groups is 1. The number of benzene rings is 3. The van der Waals surface area contributed by atoms with Gasteiger partial charge in [0.1, 0.15) is 5.82 Å². The summed E-state index contributed by atoms with van der Waals surface area (Å²) in [5, 5.41) is 0. The van der Waals surface area contributed by atoms with Crippen LogP contribution in [0.25, 0.3) is 28.5 Å². The molecule has 4 rings (SSSR count). The molecule has 120 valence electrons. The number of rotatable bonds is 4. The van der Waals surface area contributed by atoms with E-state index in [-0.39, 0.29) is 0 Å². The zero-order chi connectivity index (χ0) is 16.9. The van der Waals surface area contributed by atoms with Crippen molar-refractivity contribution >= 4 is 29.0 Å². The van der Waals surface area contributed by atoms with E-state index in [9.17, 15) is 0 Å². The van der Waals surface area contributed by atoms with Crippen molar-refractivity contribution in [3.05, 3.63) is 90.5 Å². The summed E-state index contributed by atoms with van der Waals surface area (Å²) in [5.74, 6) is 0.834. The number of aromatic amines is 1. The minimum atomic E-state index is 0.834. The maximum Gasteiger partial charge on any atom is 0.140 e. The second kappa shape index (κ2) is 6.97. The molecule has 0 spiro atoms. The van der Waals surface area contributed by atoms with Gasteiger partial charge in [0.2, 0.25) is 0 Å². The third-order valence-electron chi connectivity index (χ3n) is 3.94. The first-order valence-corrected chi connectivity index (χ1v) is 8.20. The van der Waals surface area contributed by atoms with Crippen molar-refractivity contribution in [3.63, 3.8) is 0 Å². The van der Waals surface area contributed by atoms with Crippen LogP contribution in [0.15, 0.2) is 89.9 Å². The number of para-hydroxylation sites is 3. The molecule has 3 nitrogen and oxygen atoms in total. The minimum Gasteiger partial charge on any atom is -0.338 e. The van der Waals surface area contributed by atoms with Crippen LogP contribution in [0, 0.1) is 0 Å². The molecule has 25 heavy (non-hydrogen) atoms. The lowest BCUT2D eigenvalue weighted by Gasteiger charge is -2.01. The van der Waals surface area contributed by atoms with E-state index < -0.39 is 0 Å². The number of nitrogens with one attached hydrogen (secondary N) is 1. The van der Waals surface area contributed by atoms with Gasteiger partial charge in [-0.15, -0.1) is 0 Å². The highest BCUT2D eigenvalue weighted by atomic mass is 14.9. The molecule has 0 unspecified atom stereocenters. The molecule has 1 aromatic heterocycles. The minimum absolute atomic E-state index is 0.834. The van der Waals surface area contributed by atoms with Crippen LogP contribution >= 0.6 is 0 Å². The summed E-state index contributed by atoms with van der Waals surface area (Å²) < 4.78 is 0. The lowest BCUT2D eigenvalue weighted by atomic mass is 10.1. The molecule has 0 atom stereocenters. The van der Waals surface area contributed by atoms with Crippen molar-refractivity contribution in [1.82, 2.24) is 9.97 Å². The van der Waals surface area contributed by atoms with Crippen molar-refractivity contribution in [2.75, 3.05) is 0 Å². The van der Waals surface area contributed by atoms with E-state index >= 15 is 0 Å². The molecular weight excluding hydrogens is 306 g/mol. The Morgan fingerprint density at radius 3 is 2.44 bits per heavy atom. The normalized spacial score (nSPS) is 11.7. The summed E-state index contributed by atoms with van der Waals surface area (Å²) in [4.78, 5) is 12.6. The van der Waals surface area contributed by atoms with E-state index in [1.165, 1.54) is 0 Å². The Labute approximate surface area is 146 Å². The van der Waals surface area contributed by atoms with Crippen LogP contribution in [0.4, 0.5) is 5.69 Å². The van der Waals surface area contributed by atoms with Crippen LogP contribution in [-0.4, -0.2) is 16.2 Å². The van der Waals surface area contributed by atoms with Crippen molar-refractivity contribution < 1.29 is 0 Å². The van der Waals surface area contributed by atoms with Crippen LogP contribution in [0.5, 0.6) is 0 Å². The SMILES string of the molecule is C(/C=C/c1ccccc1)=Nc1ccccc1-c1nc2ccccc2[nH]1. The van der Waals surface area contributed by atoms with Gasteiger partial charge in [-0.25, -0.2) is 4.98 Å². The Morgan fingerprint density at radius 1 is 0.800 bits per heavy atom. The quantitative estimate of drug-likeness (QED) is 0.485. The molecule has 0 radical (unpaired) electrons. The third-order valence-corrected chi connectivity index (χ3v) is 3.94. The molecule has 0 fully saturated rings. The van der Waals surface area contributed by atoms with Crippen molar-refractivity contribution in [2.24, 2.45) is 4.99 Å². The van der Waals surface area contributed by atoms with Gasteiger partial charge in [0.25, 0.3) is 0 Å². The molecule has 3 aromatic carbocycles. The summed E-state index contributed by atoms with van der Waals surface area (Å²) in [6.45, 7) is 0. The molecule has 3 heteroatoms. The van der Waals surface area contributed by atoms with Gasteiger partial charge in [-0.3, -0.25) is 4.99 Å². The zero-order valence-electron chi connectivity index (χ0n) is 13.6. The van der Waals surface area contributed by atoms with Gasteiger partial charge in [0.05, 0.1) is 16.7 Å². The Morgan fingerprint density at radius 2 is 1.56 bits per heavy atom. The second-order valence-electron chi connectivity index (χ2n) is 5.67. The number of nitrogens with zero attached hydrogens (tertiary/aromatic N) is 2. The van der Waals surface area contributed by atoms with E-state index in [4.69, 9.17) is 0 Å². The number of H-pyrrole nitrogens is 1. The van der Waals surface area contributed by atoms with E-state index in [1.54, 1.807) is 0 Å². The smallest absolute Gasteiger partial charge is 0.140 e. The van der Waals surface area contributed by atoms with Gasteiger partial charge in [-0.1, -0.05) is 60.7 Å². The Bertz CT molecular complexity index is 1010. The van der Waals surface area contributed by atoms with Crippen LogP contribution in [0.1, 0.15) is 5.56 Å². The predicted molar refractivity (Wildman–Crippen MR) is 105 cm³/mol. The Balaban J connectivity index is 1.63. The molecule has 1 N–H and O–H groups in total. The number of fused-ring (bicyclic) bond motifs is 1. The van der Waals surface area contributed by atoms with Crippen molar-refractivity contribution in [2.45, 2.75) is 0 Å². The van der Waals surface area contributed by atoms with Crippen molar-refractivity contribution in [1.29, 1.82) is 0 Å². The number of hydrogen-bond donors (Lipinski definition) is 1. The van der Waals surface area contributed by atoms with Gasteiger partial charge < -0.3 is 4.98 Å². The van der Waals surface area contributed by atoms with Gasteiger partial charge in [-0.05, 0) is 35.9 Å². The fourth-order valence-electron chi connectivity index (χ4n) is 2.71. The van der Waals surface area contributed by atoms with Crippen LogP contribution in [0.3, 0.4) is 0 Å². The van der Waals surface area contributed by atoms with Crippen molar-refractivity contribution in [3.8, 4) is 11.4 Å². The molecule has 0 saturated carbocycles. The Kier molecular flexibility index (Phi) is 4.21. The topological polar surface area (TPSA) is 41.0 Å². The van der Waals surface area contributed by atoms with Gasteiger partial charge >= 0.3 is 0 Å². The van der Waals surface area contributed by atoms with Gasteiger partial charge in [0, 0.05) is 11.8 Å². The van der Waals surface area contributed by atoms with E-state index in [0.29, 0.717) is 0 Å². The second-order valence-corrected chi connectivity index (χ2v) is 5.67. The summed E-state index contributed by atoms with van der Waals surface area (Å²) >= 11 is 0. The van der Waals surface area contributed by atoms with Crippen LogP contribution in [0.2, 0.25) is 0 Å². The summed E-state index contributed by atoms with van der Waals surface area (Å²) in [6, 6.07) is 26.2. The highest BCUT2D eigenvalue weighted by Gasteiger charge is 2.08. The average Bonchev–Trinajstić information content (AvgIpc) is 3.10. The molecule has 0 aliphatic rings. The van der Waals surface area contributed by atoms with Crippen LogP contribution in [-0.2, 0) is 0 Å². The highest BCUT2D eigenvalue weighted by Crippen LogP contribution is 2.29. The molecule has 0 amide bonds. The zero-order valence-corrected chi connectivity index (χ0v) is 13.6. The monoisotopic (exact) mass is 323 g/mol. The summed E-state index contributed by atoms with van der Waals surface area (Å²) in [5.41, 5.74) is 5.02. The average molecular weight is 323 g/mol. The largest absolute Gasteiger partial charge is 0.338 e. The molecule has 0 bridgehead atoms. The number of allylic oxidation sites excluding steroid dienone is 1. The first-order valence-electron chi connectivity index (χ1n) is 8.20. The number of aromatic nitrogens is 2. The number of hydrogen-bond acceptors (Lipinski definition) is 2. The summed E-state index contributed by atoms with van der Waals surface area (Å²) in [6.07, 6.45) is 5.80. The molecule has 1 heterocycles. The number of imidazole rings is 1. The summed E-state index contributed by atoms with van der Waals surface area (Å²) in [7, 11) is 0. The lowest BCUT2D eigenvalue weighted by molar-refractivity contribution is 1.33. The predicted octanol–water partition coefficient (Wildman–Crippen LogP) is 5.65. The Hall–Kier alpha value is -3.46. The van der Waals surface area contributed by atoms with E-state index in [0.717, 1.165) is 33.7 Å². The standard InChI is InChI=1S/C22H17N3/c1-2-9-17(10-3-1)11-8-16-23-19-13-5-4-12-18(19)22-24-20-14-6-7-15-21(20)25-22/h1-16H,(H,24,25)/b11-8+,23-16?. The fraction of sp³-hybridized carbons (Fsp3) is 0. The highest BCUT2D eigenvalue weighted by molar-refractivity contribution is 5.86. The third kappa shape index (κ3) is 3.40.